The van der Waals surface area contributed by atoms with Crippen LogP contribution in [0.3, 0.4) is 0 Å². The first kappa shape index (κ1) is 39.9. The Morgan fingerprint density at radius 1 is 0.962 bits per heavy atom. The number of anilines is 2. The molecular formula is C33H31F5N6O8S. The lowest BCUT2D eigenvalue weighted by Gasteiger charge is -2.26. The first-order valence-corrected chi connectivity index (χ1v) is 16.9. The first-order valence-electron chi connectivity index (χ1n) is 15.4. The van der Waals surface area contributed by atoms with E-state index in [1.54, 1.807) is 0 Å². The topological polar surface area (TPSA) is 188 Å². The van der Waals surface area contributed by atoms with Gasteiger partial charge in [-0.15, -0.1) is 0 Å². The molecule has 4 rings (SSSR count). The van der Waals surface area contributed by atoms with Crippen molar-refractivity contribution in [1.82, 2.24) is 19.4 Å². The zero-order chi connectivity index (χ0) is 39.5. The molecule has 2 aromatic heterocycles. The van der Waals surface area contributed by atoms with Gasteiger partial charge in [-0.05, 0) is 62.7 Å². The highest BCUT2D eigenvalue weighted by molar-refractivity contribution is 7.92. The number of carbonyl (C=O) groups excluding carboxylic acids is 3. The molecule has 0 fully saturated rings. The monoisotopic (exact) mass is 766 g/mol. The minimum atomic E-state index is -4.87. The number of pyridine rings is 1. The maximum Gasteiger partial charge on any atom is 0.402 e. The molecule has 4 aromatic rings. The summed E-state index contributed by atoms with van der Waals surface area (Å²) in [6, 6.07) is 6.98. The molecule has 0 unspecified atom stereocenters. The maximum atomic E-state index is 15.2. The van der Waals surface area contributed by atoms with Crippen LogP contribution in [0.1, 0.15) is 36.7 Å². The number of nitrogens with zero attached hydrogens (tertiary/aromatic N) is 3. The van der Waals surface area contributed by atoms with E-state index in [4.69, 9.17) is 4.74 Å². The van der Waals surface area contributed by atoms with Crippen molar-refractivity contribution < 1.29 is 49.5 Å². The molecule has 2 heterocycles. The predicted molar refractivity (Wildman–Crippen MR) is 179 cm³/mol. The minimum absolute atomic E-state index is 0.0283. The number of benzene rings is 2. The van der Waals surface area contributed by atoms with Gasteiger partial charge in [0.05, 0.1) is 22.8 Å². The molecule has 0 saturated carbocycles. The van der Waals surface area contributed by atoms with Gasteiger partial charge >= 0.3 is 17.8 Å². The first-order chi connectivity index (χ1) is 24.7. The molecule has 0 aliphatic heterocycles. The third kappa shape index (κ3) is 8.94. The van der Waals surface area contributed by atoms with Crippen molar-refractivity contribution in [2.24, 2.45) is 12.5 Å². The fourth-order valence-electron chi connectivity index (χ4n) is 4.49. The summed E-state index contributed by atoms with van der Waals surface area (Å²) >= 11 is 0. The predicted octanol–water partition coefficient (Wildman–Crippen LogP) is 3.44. The highest BCUT2D eigenvalue weighted by Crippen LogP contribution is 2.38. The molecule has 0 saturated heterocycles. The van der Waals surface area contributed by atoms with E-state index in [0.29, 0.717) is 31.5 Å². The van der Waals surface area contributed by atoms with Gasteiger partial charge in [-0.25, -0.2) is 36.3 Å². The summed E-state index contributed by atoms with van der Waals surface area (Å²) in [6.45, 7) is 2.71. The maximum absolute atomic E-state index is 15.2. The Hall–Kier alpha value is -5.92. The summed E-state index contributed by atoms with van der Waals surface area (Å²) < 4.78 is 104. The lowest BCUT2D eigenvalue weighted by molar-refractivity contribution is -0.208. The van der Waals surface area contributed by atoms with E-state index >= 15 is 8.78 Å². The van der Waals surface area contributed by atoms with E-state index in [1.165, 1.54) is 38.5 Å². The number of nitrogens with one attached hydrogen (secondary N) is 3. The van der Waals surface area contributed by atoms with Crippen LogP contribution in [0, 0.1) is 17.0 Å². The number of hydrogen-bond acceptors (Lipinski definition) is 9. The fraction of sp³-hybridized carbons (Fsp3) is 0.273. The molecule has 53 heavy (non-hydrogen) atoms. The molecule has 282 valence electrons. The van der Waals surface area contributed by atoms with Crippen LogP contribution in [0.2, 0.25) is 0 Å². The molecule has 0 radical (unpaired) electrons. The minimum Gasteiger partial charge on any atom is -0.464 e. The van der Waals surface area contributed by atoms with Gasteiger partial charge in [0.1, 0.15) is 28.9 Å². The number of halogens is 5. The van der Waals surface area contributed by atoms with Gasteiger partial charge in [-0.2, -0.15) is 13.2 Å². The van der Waals surface area contributed by atoms with Crippen molar-refractivity contribution in [2.75, 3.05) is 16.6 Å². The number of carbonyl (C=O) groups is 3. The van der Waals surface area contributed by atoms with Crippen molar-refractivity contribution in [3.05, 3.63) is 111 Å². The summed E-state index contributed by atoms with van der Waals surface area (Å²) in [4.78, 5) is 66.1. The van der Waals surface area contributed by atoms with Gasteiger partial charge in [0.25, 0.3) is 21.5 Å². The van der Waals surface area contributed by atoms with Crippen LogP contribution in [0.4, 0.5) is 33.3 Å². The smallest absolute Gasteiger partial charge is 0.402 e. The van der Waals surface area contributed by atoms with Crippen LogP contribution in [0.25, 0.3) is 5.82 Å². The SMILES string of the molecule is CCOC(=O)[C@H](Cc1ccc(-n2c(=O)ccn(C)c2=O)nc1)NC(=O)c1cc(F)c(NS(=O)(=O)c2ccc(NC(=O)C(C)(C)C(F)(F)F)cc2)cc1F. The lowest BCUT2D eigenvalue weighted by atomic mass is 9.91. The van der Waals surface area contributed by atoms with Gasteiger partial charge in [0.2, 0.25) is 5.91 Å². The number of aromatic nitrogens is 3. The van der Waals surface area contributed by atoms with Gasteiger partial charge in [0.15, 0.2) is 0 Å². The van der Waals surface area contributed by atoms with E-state index in [2.05, 4.69) is 10.3 Å². The third-order valence-electron chi connectivity index (χ3n) is 7.75. The van der Waals surface area contributed by atoms with Crippen LogP contribution in [-0.2, 0) is 37.8 Å². The molecule has 14 nitrogen and oxygen atoms in total. The molecule has 0 aliphatic rings. The number of ether oxygens (including phenoxy) is 1. The van der Waals surface area contributed by atoms with Crippen molar-refractivity contribution in [2.45, 2.75) is 44.3 Å². The standard InChI is InChI=1S/C33H31F5N6O8S/c1-5-52-29(47)25(14-18-6-11-26(39-17-18)44-27(45)12-13-43(4)31(44)49)41-28(46)21-15-23(35)24(16-22(21)34)42-53(50,51)20-9-7-19(8-10-20)40-30(48)32(2,3)33(36,37)38/h6-13,15-17,25,42H,5,14H2,1-4H3,(H,40,48)(H,41,46)/t25-/m0/s1. The van der Waals surface area contributed by atoms with E-state index in [0.717, 1.165) is 39.5 Å². The zero-order valence-electron chi connectivity index (χ0n) is 28.2. The van der Waals surface area contributed by atoms with E-state index in [-0.39, 0.29) is 24.5 Å². The Bertz CT molecular complexity index is 2270. The molecule has 2 amide bonds. The molecule has 0 spiro atoms. The average molecular weight is 767 g/mol. The van der Waals surface area contributed by atoms with E-state index in [1.807, 2.05) is 10.0 Å². The third-order valence-corrected chi connectivity index (χ3v) is 9.13. The molecule has 0 aliphatic carbocycles. The molecule has 20 heteroatoms. The lowest BCUT2D eigenvalue weighted by Crippen LogP contribution is -2.43. The number of amides is 2. The Morgan fingerprint density at radius 3 is 2.21 bits per heavy atom. The normalized spacial score (nSPS) is 12.5. The zero-order valence-corrected chi connectivity index (χ0v) is 29.1. The number of sulfonamides is 1. The quantitative estimate of drug-likeness (QED) is 0.143. The molecule has 3 N–H and O–H groups in total. The molecule has 0 bridgehead atoms. The summed E-state index contributed by atoms with van der Waals surface area (Å²) in [6.07, 6.45) is -2.63. The largest absolute Gasteiger partial charge is 0.464 e. The summed E-state index contributed by atoms with van der Waals surface area (Å²) in [5.41, 5.74) is -5.76. The number of aryl methyl sites for hydroxylation is 1. The number of rotatable bonds is 12. The summed E-state index contributed by atoms with van der Waals surface area (Å²) in [5, 5.41) is 4.28. The number of hydrogen-bond donors (Lipinski definition) is 3. The Morgan fingerprint density at radius 2 is 1.62 bits per heavy atom. The summed E-state index contributed by atoms with van der Waals surface area (Å²) in [7, 11) is -3.20. The Balaban J connectivity index is 1.50. The van der Waals surface area contributed by atoms with Crippen LogP contribution >= 0.6 is 0 Å². The number of alkyl halides is 3. The van der Waals surface area contributed by atoms with Crippen molar-refractivity contribution in [1.29, 1.82) is 0 Å². The fourth-order valence-corrected chi connectivity index (χ4v) is 5.55. The second-order valence-electron chi connectivity index (χ2n) is 11.9. The average Bonchev–Trinajstić information content (AvgIpc) is 3.08. The molecule has 2 aromatic carbocycles. The molecular weight excluding hydrogens is 735 g/mol. The van der Waals surface area contributed by atoms with Crippen LogP contribution in [0.15, 0.2) is 81.5 Å². The van der Waals surface area contributed by atoms with Crippen molar-refractivity contribution in [3.8, 4) is 5.82 Å². The second kappa shape index (κ2) is 15.4. The Labute approximate surface area is 297 Å². The van der Waals surface area contributed by atoms with Gasteiger partial charge < -0.3 is 19.9 Å². The van der Waals surface area contributed by atoms with Crippen molar-refractivity contribution >= 4 is 39.2 Å². The second-order valence-corrected chi connectivity index (χ2v) is 13.6. The summed E-state index contributed by atoms with van der Waals surface area (Å²) in [5.74, 6) is -6.44. The van der Waals surface area contributed by atoms with Crippen molar-refractivity contribution in [3.63, 3.8) is 0 Å². The van der Waals surface area contributed by atoms with Gasteiger partial charge in [-0.3, -0.25) is 19.1 Å². The molecule has 1 atom stereocenters. The van der Waals surface area contributed by atoms with E-state index < -0.39 is 84.5 Å². The Kier molecular flexibility index (Phi) is 11.6. The van der Waals surface area contributed by atoms with Gasteiger partial charge in [0, 0.05) is 43.7 Å². The van der Waals surface area contributed by atoms with Crippen LogP contribution < -0.4 is 26.6 Å². The van der Waals surface area contributed by atoms with Crippen LogP contribution in [-0.4, -0.2) is 59.1 Å². The highest BCUT2D eigenvalue weighted by Gasteiger charge is 2.53. The number of esters is 1. The van der Waals surface area contributed by atoms with Gasteiger partial charge in [-0.1, -0.05) is 6.07 Å². The van der Waals surface area contributed by atoms with Crippen LogP contribution in [0.5, 0.6) is 0 Å². The van der Waals surface area contributed by atoms with E-state index in [9.17, 15) is 45.6 Å². The highest BCUT2D eigenvalue weighted by atomic mass is 32.2.